The number of halogens is 1. The summed E-state index contributed by atoms with van der Waals surface area (Å²) in [4.78, 5) is 4.33. The molecule has 3 nitrogen and oxygen atoms in total. The van der Waals surface area contributed by atoms with Crippen LogP contribution in [-0.2, 0) is 0 Å². The van der Waals surface area contributed by atoms with Crippen molar-refractivity contribution in [2.24, 2.45) is 0 Å². The Balaban J connectivity index is 2.31. The van der Waals surface area contributed by atoms with Gasteiger partial charge in [-0.3, -0.25) is 0 Å². The van der Waals surface area contributed by atoms with E-state index in [2.05, 4.69) is 4.98 Å². The van der Waals surface area contributed by atoms with Crippen molar-refractivity contribution < 1.29 is 13.9 Å². The average Bonchev–Trinajstić information content (AvgIpc) is 2.54. The molecular formula is C18H16FNO2. The molecule has 22 heavy (non-hydrogen) atoms. The molecule has 0 radical (unpaired) electrons. The number of rotatable bonds is 3. The Morgan fingerprint density at radius 2 is 1.82 bits per heavy atom. The third-order valence-corrected chi connectivity index (χ3v) is 3.75. The largest absolute Gasteiger partial charge is 0.497 e. The van der Waals surface area contributed by atoms with Crippen LogP contribution in [0.4, 0.5) is 4.39 Å². The number of nitrogens with zero attached hydrogens (tertiary/aromatic N) is 1. The maximum Gasteiger partial charge on any atom is 0.221 e. The molecule has 3 aromatic rings. The van der Waals surface area contributed by atoms with Crippen molar-refractivity contribution in [3.05, 3.63) is 54.0 Å². The molecule has 0 saturated heterocycles. The second kappa shape index (κ2) is 5.64. The lowest BCUT2D eigenvalue weighted by atomic mass is 9.98. The van der Waals surface area contributed by atoms with E-state index in [9.17, 15) is 4.39 Å². The Hall–Kier alpha value is -2.62. The minimum Gasteiger partial charge on any atom is -0.497 e. The highest BCUT2D eigenvalue weighted by Gasteiger charge is 2.14. The van der Waals surface area contributed by atoms with Crippen LogP contribution in [0.3, 0.4) is 0 Å². The van der Waals surface area contributed by atoms with Crippen molar-refractivity contribution in [3.8, 4) is 22.8 Å². The van der Waals surface area contributed by atoms with E-state index < -0.39 is 0 Å². The van der Waals surface area contributed by atoms with E-state index in [1.54, 1.807) is 25.4 Å². The van der Waals surface area contributed by atoms with Gasteiger partial charge in [0.25, 0.3) is 0 Å². The summed E-state index contributed by atoms with van der Waals surface area (Å²) in [6, 6.07) is 10.7. The molecule has 2 aromatic carbocycles. The predicted molar refractivity (Wildman–Crippen MR) is 85.0 cm³/mol. The van der Waals surface area contributed by atoms with Crippen LogP contribution in [-0.4, -0.2) is 19.2 Å². The molecule has 1 aromatic heterocycles. The van der Waals surface area contributed by atoms with Crippen molar-refractivity contribution in [2.45, 2.75) is 6.92 Å². The van der Waals surface area contributed by atoms with E-state index in [1.807, 2.05) is 25.1 Å². The lowest BCUT2D eigenvalue weighted by molar-refractivity contribution is 0.403. The minimum absolute atomic E-state index is 0.339. The van der Waals surface area contributed by atoms with Crippen LogP contribution >= 0.6 is 0 Å². The maximum absolute atomic E-state index is 14.4. The second-order valence-corrected chi connectivity index (χ2v) is 5.02. The topological polar surface area (TPSA) is 31.4 Å². The number of benzene rings is 2. The summed E-state index contributed by atoms with van der Waals surface area (Å²) in [6.45, 7) is 1.99. The Bertz CT molecular complexity index is 846. The highest BCUT2D eigenvalue weighted by Crippen LogP contribution is 2.36. The highest BCUT2D eigenvalue weighted by atomic mass is 19.1. The highest BCUT2D eigenvalue weighted by molar-refractivity contribution is 6.00. The Morgan fingerprint density at radius 3 is 2.50 bits per heavy atom. The van der Waals surface area contributed by atoms with Crippen molar-refractivity contribution >= 4 is 10.8 Å². The van der Waals surface area contributed by atoms with Gasteiger partial charge < -0.3 is 9.47 Å². The first-order valence-corrected chi connectivity index (χ1v) is 6.92. The molecule has 0 aliphatic rings. The van der Waals surface area contributed by atoms with Crippen LogP contribution in [0.1, 0.15) is 5.56 Å². The minimum atomic E-state index is -0.339. The molecule has 4 heteroatoms. The zero-order valence-corrected chi connectivity index (χ0v) is 12.7. The standard InChI is InChI=1S/C18H16FNO2/c1-11-5-4-6-14-15(10-20-18(22-3)17(11)14)13-8-7-12(21-2)9-16(13)19/h4-10H,1-3H3. The van der Waals surface area contributed by atoms with Gasteiger partial charge in [-0.2, -0.15) is 0 Å². The molecule has 0 saturated carbocycles. The first kappa shape index (κ1) is 14.3. The van der Waals surface area contributed by atoms with Crippen molar-refractivity contribution in [3.63, 3.8) is 0 Å². The Labute approximate surface area is 128 Å². The second-order valence-electron chi connectivity index (χ2n) is 5.02. The molecular weight excluding hydrogens is 281 g/mol. The van der Waals surface area contributed by atoms with Crippen LogP contribution in [0, 0.1) is 12.7 Å². The Kier molecular flexibility index (Phi) is 3.67. The molecule has 0 atom stereocenters. The molecule has 0 bridgehead atoms. The molecule has 112 valence electrons. The molecule has 0 spiro atoms. The van der Waals surface area contributed by atoms with Gasteiger partial charge in [0.15, 0.2) is 0 Å². The fraction of sp³-hybridized carbons (Fsp3) is 0.167. The van der Waals surface area contributed by atoms with E-state index >= 15 is 0 Å². The number of aromatic nitrogens is 1. The van der Waals surface area contributed by atoms with E-state index in [0.717, 1.165) is 21.9 Å². The van der Waals surface area contributed by atoms with Crippen molar-refractivity contribution in [2.75, 3.05) is 14.2 Å². The number of methoxy groups -OCH3 is 2. The number of ether oxygens (including phenoxy) is 2. The lowest BCUT2D eigenvalue weighted by Crippen LogP contribution is -1.95. The number of pyridine rings is 1. The van der Waals surface area contributed by atoms with E-state index in [-0.39, 0.29) is 5.82 Å². The predicted octanol–water partition coefficient (Wildman–Crippen LogP) is 4.37. The molecule has 0 N–H and O–H groups in total. The van der Waals surface area contributed by atoms with Crippen LogP contribution in [0.25, 0.3) is 21.9 Å². The van der Waals surface area contributed by atoms with Gasteiger partial charge in [0.1, 0.15) is 11.6 Å². The molecule has 3 rings (SSSR count). The summed E-state index contributed by atoms with van der Waals surface area (Å²) in [5.41, 5.74) is 2.27. The number of hydrogen-bond donors (Lipinski definition) is 0. The smallest absolute Gasteiger partial charge is 0.221 e. The summed E-state index contributed by atoms with van der Waals surface area (Å²) in [5, 5.41) is 1.81. The third kappa shape index (κ3) is 2.26. The van der Waals surface area contributed by atoms with Crippen LogP contribution in [0.5, 0.6) is 11.6 Å². The van der Waals surface area contributed by atoms with Gasteiger partial charge in [-0.05, 0) is 30.0 Å². The summed E-state index contributed by atoms with van der Waals surface area (Å²) < 4.78 is 24.8. The molecule has 0 aliphatic carbocycles. The number of hydrogen-bond acceptors (Lipinski definition) is 3. The van der Waals surface area contributed by atoms with Crippen LogP contribution in [0.15, 0.2) is 42.6 Å². The lowest BCUT2D eigenvalue weighted by Gasteiger charge is -2.12. The first-order chi connectivity index (χ1) is 10.7. The molecule has 0 amide bonds. The fourth-order valence-corrected chi connectivity index (χ4v) is 2.64. The molecule has 1 heterocycles. The number of aryl methyl sites for hydroxylation is 1. The van der Waals surface area contributed by atoms with Gasteiger partial charge in [-0.1, -0.05) is 18.2 Å². The Morgan fingerprint density at radius 1 is 1.00 bits per heavy atom. The zero-order chi connectivity index (χ0) is 15.7. The van der Waals surface area contributed by atoms with E-state index in [4.69, 9.17) is 9.47 Å². The maximum atomic E-state index is 14.4. The van der Waals surface area contributed by atoms with Crippen LogP contribution < -0.4 is 9.47 Å². The van der Waals surface area contributed by atoms with Gasteiger partial charge in [0, 0.05) is 28.8 Å². The van der Waals surface area contributed by atoms with Crippen LogP contribution in [0.2, 0.25) is 0 Å². The number of fused-ring (bicyclic) bond motifs is 1. The van der Waals surface area contributed by atoms with Gasteiger partial charge in [-0.15, -0.1) is 0 Å². The third-order valence-electron chi connectivity index (χ3n) is 3.75. The summed E-state index contributed by atoms with van der Waals surface area (Å²) in [6.07, 6.45) is 1.64. The van der Waals surface area contributed by atoms with E-state index in [1.165, 1.54) is 13.2 Å². The van der Waals surface area contributed by atoms with Crippen molar-refractivity contribution in [1.82, 2.24) is 4.98 Å². The molecule has 0 fully saturated rings. The average molecular weight is 297 g/mol. The monoisotopic (exact) mass is 297 g/mol. The summed E-state index contributed by atoms with van der Waals surface area (Å²) in [5.74, 6) is 0.697. The molecule has 0 unspecified atom stereocenters. The SMILES string of the molecule is COc1ccc(-c2cnc(OC)c3c(C)cccc23)c(F)c1. The molecule has 0 aliphatic heterocycles. The van der Waals surface area contributed by atoms with Gasteiger partial charge in [0.05, 0.1) is 14.2 Å². The fourth-order valence-electron chi connectivity index (χ4n) is 2.64. The van der Waals surface area contributed by atoms with Gasteiger partial charge in [0.2, 0.25) is 5.88 Å². The first-order valence-electron chi connectivity index (χ1n) is 6.92. The normalized spacial score (nSPS) is 10.7. The van der Waals surface area contributed by atoms with Crippen molar-refractivity contribution in [1.29, 1.82) is 0 Å². The summed E-state index contributed by atoms with van der Waals surface area (Å²) in [7, 11) is 3.10. The van der Waals surface area contributed by atoms with Gasteiger partial charge in [-0.25, -0.2) is 9.37 Å². The van der Waals surface area contributed by atoms with Gasteiger partial charge >= 0.3 is 0 Å². The quantitative estimate of drug-likeness (QED) is 0.719. The summed E-state index contributed by atoms with van der Waals surface area (Å²) >= 11 is 0. The zero-order valence-electron chi connectivity index (χ0n) is 12.7. The van der Waals surface area contributed by atoms with E-state index in [0.29, 0.717) is 17.2 Å².